The van der Waals surface area contributed by atoms with E-state index in [0.717, 1.165) is 0 Å². The number of hydrazine groups is 1. The molecule has 2 rings (SSSR count). The maximum absolute atomic E-state index is 9.40. The topological polar surface area (TPSA) is 151 Å². The second kappa shape index (κ2) is 2.37. The van der Waals surface area contributed by atoms with Crippen molar-refractivity contribution in [1.82, 2.24) is 5.01 Å². The van der Waals surface area contributed by atoms with Gasteiger partial charge >= 0.3 is 0 Å². The van der Waals surface area contributed by atoms with Crippen LogP contribution in [0.25, 0.3) is 0 Å². The lowest BCUT2D eigenvalue weighted by molar-refractivity contribution is -0.225. The quantitative estimate of drug-likeness (QED) is 0.196. The summed E-state index contributed by atoms with van der Waals surface area (Å²) in [7, 11) is 0. The molecule has 0 spiro atoms. The summed E-state index contributed by atoms with van der Waals surface area (Å²) in [4.78, 5) is 0. The summed E-state index contributed by atoms with van der Waals surface area (Å²) in [5.41, 5.74) is -1.19. The fourth-order valence-corrected chi connectivity index (χ4v) is 1.52. The van der Waals surface area contributed by atoms with Gasteiger partial charge < -0.3 is 30.6 Å². The fraction of sp³-hybridized carbons (Fsp3) is 0.143. The highest BCUT2D eigenvalue weighted by molar-refractivity contribution is 5.62. The third-order valence-corrected chi connectivity index (χ3v) is 2.30. The Morgan fingerprint density at radius 1 is 0.933 bits per heavy atom. The van der Waals surface area contributed by atoms with Gasteiger partial charge in [0.15, 0.2) is 11.5 Å². The maximum atomic E-state index is 9.40. The van der Waals surface area contributed by atoms with Gasteiger partial charge in [-0.2, -0.15) is 0 Å². The van der Waals surface area contributed by atoms with Crippen molar-refractivity contribution in [1.29, 1.82) is 0 Å². The number of nitrogens with two attached hydrogens (primary N) is 1. The monoisotopic (exact) mass is 216 g/mol. The maximum Gasteiger partial charge on any atom is 0.296 e. The number of hydrogen-bond acceptors (Lipinski definition) is 8. The van der Waals surface area contributed by atoms with Crippen LogP contribution in [-0.2, 0) is 0 Å². The van der Waals surface area contributed by atoms with Gasteiger partial charge in [-0.3, -0.25) is 0 Å². The smallest absolute Gasteiger partial charge is 0.296 e. The summed E-state index contributed by atoms with van der Waals surface area (Å²) < 4.78 is 0. The first-order valence-electron chi connectivity index (χ1n) is 3.80. The minimum atomic E-state index is -2.89. The largest absolute Gasteiger partial charge is 0.504 e. The highest BCUT2D eigenvalue weighted by Crippen LogP contribution is 2.45. The molecule has 0 saturated heterocycles. The lowest BCUT2D eigenvalue weighted by Crippen LogP contribution is -2.50. The summed E-state index contributed by atoms with van der Waals surface area (Å²) in [5, 5.41) is 55.9. The number of hydrogen-bond donors (Lipinski definition) is 7. The molecular weight excluding hydrogens is 208 g/mol. The Balaban J connectivity index is 2.74. The van der Waals surface area contributed by atoms with Crippen molar-refractivity contribution in [2.75, 3.05) is 0 Å². The van der Waals surface area contributed by atoms with E-state index < -0.39 is 40.2 Å². The summed E-state index contributed by atoms with van der Waals surface area (Å²) >= 11 is 0. The van der Waals surface area contributed by atoms with Gasteiger partial charge in [0.25, 0.3) is 5.91 Å². The molecule has 1 heterocycles. The number of fused-ring (bicyclic) bond motifs is 1. The average molecular weight is 216 g/mol. The summed E-state index contributed by atoms with van der Waals surface area (Å²) in [6, 6.07) is 0. The number of aliphatic hydroxyl groups excluding tert-OH is 4. The molecule has 0 aromatic heterocycles. The summed E-state index contributed by atoms with van der Waals surface area (Å²) in [6.45, 7) is 0. The van der Waals surface area contributed by atoms with E-state index in [4.69, 9.17) is 10.9 Å². The molecule has 0 aromatic carbocycles. The SMILES string of the molecule is NN1C(O)=C2C(O)=C(O)C(O)=C2C1(O)O. The molecule has 8 heteroatoms. The van der Waals surface area contributed by atoms with Crippen LogP contribution < -0.4 is 5.84 Å². The molecule has 2 aliphatic rings. The molecule has 82 valence electrons. The van der Waals surface area contributed by atoms with E-state index >= 15 is 0 Å². The molecule has 1 aliphatic carbocycles. The zero-order valence-corrected chi connectivity index (χ0v) is 7.21. The molecule has 15 heavy (non-hydrogen) atoms. The molecule has 0 bridgehead atoms. The van der Waals surface area contributed by atoms with Gasteiger partial charge in [0.1, 0.15) is 0 Å². The van der Waals surface area contributed by atoms with Crippen molar-refractivity contribution in [3.8, 4) is 0 Å². The molecule has 0 amide bonds. The van der Waals surface area contributed by atoms with Gasteiger partial charge in [0.05, 0.1) is 11.1 Å². The third kappa shape index (κ3) is 0.850. The highest BCUT2D eigenvalue weighted by atomic mass is 16.5. The molecule has 0 fully saturated rings. The molecular formula is C7H8N2O6. The van der Waals surface area contributed by atoms with Crippen molar-refractivity contribution in [3.63, 3.8) is 0 Å². The normalized spacial score (nSPS) is 24.3. The Morgan fingerprint density at radius 3 is 1.93 bits per heavy atom. The van der Waals surface area contributed by atoms with Gasteiger partial charge in [-0.25, -0.2) is 10.9 Å². The first-order chi connectivity index (χ1) is 6.80. The second-order valence-electron chi connectivity index (χ2n) is 3.12. The number of rotatable bonds is 0. The fourth-order valence-electron chi connectivity index (χ4n) is 1.52. The predicted molar refractivity (Wildman–Crippen MR) is 44.8 cm³/mol. The number of aliphatic hydroxyl groups is 6. The molecule has 0 radical (unpaired) electrons. The molecule has 8 nitrogen and oxygen atoms in total. The molecule has 8 N–H and O–H groups in total. The van der Waals surface area contributed by atoms with Gasteiger partial charge in [-0.15, -0.1) is 0 Å². The minimum absolute atomic E-state index is 0.135. The predicted octanol–water partition coefficient (Wildman–Crippen LogP) is -1.26. The van der Waals surface area contributed by atoms with Crippen molar-refractivity contribution in [2.24, 2.45) is 5.84 Å². The lowest BCUT2D eigenvalue weighted by atomic mass is 10.1. The van der Waals surface area contributed by atoms with Crippen LogP contribution in [-0.4, -0.2) is 41.6 Å². The Labute approximate surface area is 82.7 Å². The van der Waals surface area contributed by atoms with Crippen molar-refractivity contribution >= 4 is 0 Å². The van der Waals surface area contributed by atoms with Gasteiger partial charge in [-0.05, 0) is 0 Å². The first kappa shape index (κ1) is 9.65. The summed E-state index contributed by atoms with van der Waals surface area (Å²) in [5.74, 6) is -1.46. The lowest BCUT2D eigenvalue weighted by Gasteiger charge is -2.25. The second-order valence-corrected chi connectivity index (χ2v) is 3.12. The van der Waals surface area contributed by atoms with Crippen molar-refractivity contribution < 1.29 is 30.6 Å². The van der Waals surface area contributed by atoms with Gasteiger partial charge in [0.2, 0.25) is 11.6 Å². The molecule has 0 atom stereocenters. The van der Waals surface area contributed by atoms with E-state index in [1.165, 1.54) is 0 Å². The van der Waals surface area contributed by atoms with Crippen molar-refractivity contribution in [2.45, 2.75) is 5.91 Å². The van der Waals surface area contributed by atoms with Gasteiger partial charge in [-0.1, -0.05) is 0 Å². The molecule has 0 unspecified atom stereocenters. The van der Waals surface area contributed by atoms with E-state index in [1.54, 1.807) is 0 Å². The highest BCUT2D eigenvalue weighted by Gasteiger charge is 2.54. The van der Waals surface area contributed by atoms with E-state index in [9.17, 15) is 25.5 Å². The van der Waals surface area contributed by atoms with Gasteiger partial charge in [0, 0.05) is 0 Å². The van der Waals surface area contributed by atoms with Crippen LogP contribution in [0.15, 0.2) is 34.3 Å². The van der Waals surface area contributed by atoms with Crippen LogP contribution in [0.1, 0.15) is 0 Å². The van der Waals surface area contributed by atoms with Crippen LogP contribution >= 0.6 is 0 Å². The van der Waals surface area contributed by atoms with Crippen LogP contribution in [0, 0.1) is 0 Å². The molecule has 1 aliphatic heterocycles. The van der Waals surface area contributed by atoms with Crippen molar-refractivity contribution in [3.05, 3.63) is 34.3 Å². The first-order valence-corrected chi connectivity index (χ1v) is 3.80. The number of nitrogens with zero attached hydrogens (tertiary/aromatic N) is 1. The zero-order chi connectivity index (χ0) is 11.5. The van der Waals surface area contributed by atoms with E-state index in [-0.39, 0.29) is 5.01 Å². The minimum Gasteiger partial charge on any atom is -0.504 e. The van der Waals surface area contributed by atoms with Crippen LogP contribution in [0.5, 0.6) is 0 Å². The standard InChI is InChI=1S/C7H8N2O6/c8-9-6(13)1-2(7(9,14)15)4(11)5(12)3(1)10/h10-15H,8H2. The van der Waals surface area contributed by atoms with Crippen LogP contribution in [0.2, 0.25) is 0 Å². The average Bonchev–Trinajstić information content (AvgIpc) is 2.49. The van der Waals surface area contributed by atoms with E-state index in [0.29, 0.717) is 0 Å². The van der Waals surface area contributed by atoms with Crippen LogP contribution in [0.4, 0.5) is 0 Å². The number of allylic oxidation sites excluding steroid dienone is 1. The third-order valence-electron chi connectivity index (χ3n) is 2.30. The Bertz CT molecular complexity index is 446. The Kier molecular flexibility index (Phi) is 1.52. The van der Waals surface area contributed by atoms with E-state index in [2.05, 4.69) is 0 Å². The molecule has 0 aromatic rings. The molecule has 0 saturated carbocycles. The zero-order valence-electron chi connectivity index (χ0n) is 7.21. The van der Waals surface area contributed by atoms with Crippen LogP contribution in [0.3, 0.4) is 0 Å². The Morgan fingerprint density at radius 2 is 1.47 bits per heavy atom. The summed E-state index contributed by atoms with van der Waals surface area (Å²) in [6.07, 6.45) is 0. The Hall–Kier alpha value is -1.90. The van der Waals surface area contributed by atoms with E-state index in [1.807, 2.05) is 0 Å².